The van der Waals surface area contributed by atoms with E-state index in [4.69, 9.17) is 9.40 Å². The Kier molecular flexibility index (Phi) is 6.26. The summed E-state index contributed by atoms with van der Waals surface area (Å²) in [4.78, 5) is 14.7. The lowest BCUT2D eigenvalue weighted by molar-refractivity contribution is 0.668. The minimum atomic E-state index is 0.189. The van der Waals surface area contributed by atoms with Crippen LogP contribution in [0.5, 0.6) is 0 Å². The molecule has 0 spiro atoms. The Hall–Kier alpha value is -3.90. The lowest BCUT2D eigenvalue weighted by Crippen LogP contribution is -2.08. The molecule has 1 unspecified atom stereocenters. The van der Waals surface area contributed by atoms with Gasteiger partial charge in [-0.3, -0.25) is 4.99 Å². The van der Waals surface area contributed by atoms with Crippen LogP contribution in [0.3, 0.4) is 0 Å². The SMILES string of the molecule is CSc1ccc(/C=C/c2ccc3nc4c(oc5ccccc54)c(NCCCC4C=NC=N4)c3c2)cc1. The highest BCUT2D eigenvalue weighted by Crippen LogP contribution is 2.37. The number of thioether (sulfide) groups is 1. The number of benzene rings is 3. The van der Waals surface area contributed by atoms with E-state index in [2.05, 4.69) is 82.2 Å². The summed E-state index contributed by atoms with van der Waals surface area (Å²) in [7, 11) is 0. The molecular formula is C30H26N4OS. The van der Waals surface area contributed by atoms with Crippen LogP contribution in [0.25, 0.3) is 45.1 Å². The number of rotatable bonds is 8. The lowest BCUT2D eigenvalue weighted by atomic mass is 10.1. The molecule has 6 heteroatoms. The fourth-order valence-corrected chi connectivity index (χ4v) is 4.98. The molecule has 36 heavy (non-hydrogen) atoms. The molecule has 1 aliphatic heterocycles. The maximum atomic E-state index is 6.32. The van der Waals surface area contributed by atoms with Crippen molar-refractivity contribution in [3.8, 4) is 0 Å². The summed E-state index contributed by atoms with van der Waals surface area (Å²) >= 11 is 1.75. The molecule has 0 saturated carbocycles. The number of hydrogen-bond donors (Lipinski definition) is 1. The van der Waals surface area contributed by atoms with Gasteiger partial charge in [-0.25, -0.2) is 9.98 Å². The minimum Gasteiger partial charge on any atom is -0.452 e. The number of furan rings is 1. The van der Waals surface area contributed by atoms with Crippen LogP contribution in [-0.2, 0) is 0 Å². The van der Waals surface area contributed by atoms with E-state index in [0.29, 0.717) is 0 Å². The number of nitrogens with zero attached hydrogens (tertiary/aromatic N) is 3. The molecule has 1 aliphatic rings. The highest BCUT2D eigenvalue weighted by molar-refractivity contribution is 7.98. The maximum absolute atomic E-state index is 6.32. The lowest BCUT2D eigenvalue weighted by Gasteiger charge is -2.12. The standard InChI is InChI=1S/C30H26N4OS/c1-36-23-13-10-20(11-14-23)8-9-21-12-15-26-25(17-21)28(32-16-4-5-22-18-31-19-33-22)30-29(34-26)24-6-2-3-7-27(24)35-30/h2-3,6-15,17-19,22H,4-5,16H2,1H3,(H,32,34)/b9-8+. The first kappa shape index (κ1) is 22.6. The summed E-state index contributed by atoms with van der Waals surface area (Å²) in [5.41, 5.74) is 6.79. The van der Waals surface area contributed by atoms with E-state index in [9.17, 15) is 0 Å². The summed E-state index contributed by atoms with van der Waals surface area (Å²) < 4.78 is 6.32. The molecule has 0 bridgehead atoms. The van der Waals surface area contributed by atoms with Crippen LogP contribution in [0.15, 0.2) is 86.0 Å². The molecule has 5 nitrogen and oxygen atoms in total. The van der Waals surface area contributed by atoms with Crippen LogP contribution in [-0.4, -0.2) is 36.4 Å². The molecular weight excluding hydrogens is 464 g/mol. The number of hydrogen-bond acceptors (Lipinski definition) is 6. The second-order valence-corrected chi connectivity index (χ2v) is 9.72. The van der Waals surface area contributed by atoms with E-state index >= 15 is 0 Å². The third-order valence-corrected chi connectivity index (χ3v) is 7.21. The first-order valence-electron chi connectivity index (χ1n) is 12.1. The second-order valence-electron chi connectivity index (χ2n) is 8.84. The largest absolute Gasteiger partial charge is 0.452 e. The smallest absolute Gasteiger partial charge is 0.177 e. The summed E-state index contributed by atoms with van der Waals surface area (Å²) in [6.07, 6.45) is 11.9. The monoisotopic (exact) mass is 490 g/mol. The molecule has 178 valence electrons. The fraction of sp³-hybridized carbons (Fsp3) is 0.167. The van der Waals surface area contributed by atoms with Crippen molar-refractivity contribution < 1.29 is 4.42 Å². The Morgan fingerprint density at radius 1 is 0.972 bits per heavy atom. The van der Waals surface area contributed by atoms with Crippen molar-refractivity contribution in [1.29, 1.82) is 0 Å². The fourth-order valence-electron chi connectivity index (χ4n) is 4.57. The maximum Gasteiger partial charge on any atom is 0.177 e. The zero-order valence-electron chi connectivity index (χ0n) is 20.0. The third-order valence-electron chi connectivity index (χ3n) is 6.46. The van der Waals surface area contributed by atoms with Gasteiger partial charge >= 0.3 is 0 Å². The van der Waals surface area contributed by atoms with Crippen molar-refractivity contribution in [1.82, 2.24) is 4.98 Å². The van der Waals surface area contributed by atoms with Crippen LogP contribution >= 0.6 is 11.8 Å². The van der Waals surface area contributed by atoms with Gasteiger partial charge in [0.05, 0.1) is 17.2 Å². The molecule has 0 saturated heterocycles. The van der Waals surface area contributed by atoms with Crippen LogP contribution < -0.4 is 5.32 Å². The number of nitrogens with one attached hydrogen (secondary N) is 1. The van der Waals surface area contributed by atoms with E-state index in [1.54, 1.807) is 18.1 Å². The van der Waals surface area contributed by atoms with Crippen molar-refractivity contribution in [2.45, 2.75) is 23.8 Å². The molecule has 2 aromatic heterocycles. The van der Waals surface area contributed by atoms with Crippen molar-refractivity contribution in [2.24, 2.45) is 9.98 Å². The van der Waals surface area contributed by atoms with Gasteiger partial charge in [-0.1, -0.05) is 42.5 Å². The Bertz CT molecular complexity index is 1620. The Morgan fingerprint density at radius 2 is 1.81 bits per heavy atom. The average Bonchev–Trinajstić information content (AvgIpc) is 3.57. The van der Waals surface area contributed by atoms with Gasteiger partial charge in [-0.05, 0) is 66.6 Å². The molecule has 0 amide bonds. The van der Waals surface area contributed by atoms with Crippen LogP contribution in [0, 0.1) is 0 Å². The zero-order valence-corrected chi connectivity index (χ0v) is 20.8. The molecule has 0 fully saturated rings. The van der Waals surface area contributed by atoms with E-state index in [-0.39, 0.29) is 6.04 Å². The molecule has 6 rings (SSSR count). The molecule has 0 aliphatic carbocycles. The van der Waals surface area contributed by atoms with Gasteiger partial charge in [0.25, 0.3) is 0 Å². The van der Waals surface area contributed by atoms with Gasteiger partial charge < -0.3 is 9.73 Å². The van der Waals surface area contributed by atoms with E-state index in [1.807, 2.05) is 24.4 Å². The molecule has 0 radical (unpaired) electrons. The van der Waals surface area contributed by atoms with Crippen LogP contribution in [0.2, 0.25) is 0 Å². The Labute approximate surface area is 214 Å². The first-order chi connectivity index (χ1) is 17.8. The predicted octanol–water partition coefficient (Wildman–Crippen LogP) is 7.70. The van der Waals surface area contributed by atoms with Gasteiger partial charge in [0, 0.05) is 28.4 Å². The zero-order chi connectivity index (χ0) is 24.3. The number of pyridine rings is 1. The normalized spacial score (nSPS) is 15.2. The molecule has 5 aromatic rings. The van der Waals surface area contributed by atoms with Gasteiger partial charge in [0.2, 0.25) is 0 Å². The average molecular weight is 491 g/mol. The Balaban J connectivity index is 1.37. The van der Waals surface area contributed by atoms with Crippen LogP contribution in [0.1, 0.15) is 24.0 Å². The Morgan fingerprint density at radius 3 is 2.64 bits per heavy atom. The summed E-state index contributed by atoms with van der Waals surface area (Å²) in [5.74, 6) is 0. The number of para-hydroxylation sites is 1. The quantitative estimate of drug-likeness (QED) is 0.137. The van der Waals surface area contributed by atoms with Crippen molar-refractivity contribution in [3.63, 3.8) is 0 Å². The van der Waals surface area contributed by atoms with Gasteiger partial charge in [-0.15, -0.1) is 11.8 Å². The van der Waals surface area contributed by atoms with Gasteiger partial charge in [0.15, 0.2) is 5.58 Å². The molecule has 1 N–H and O–H groups in total. The highest BCUT2D eigenvalue weighted by Gasteiger charge is 2.16. The van der Waals surface area contributed by atoms with Gasteiger partial charge in [-0.2, -0.15) is 0 Å². The summed E-state index contributed by atoms with van der Waals surface area (Å²) in [5, 5.41) is 5.76. The third kappa shape index (κ3) is 4.52. The van der Waals surface area contributed by atoms with Crippen molar-refractivity contribution in [2.75, 3.05) is 18.1 Å². The van der Waals surface area contributed by atoms with Crippen molar-refractivity contribution >= 4 is 75.1 Å². The topological polar surface area (TPSA) is 62.8 Å². The summed E-state index contributed by atoms with van der Waals surface area (Å²) in [6, 6.07) is 23.3. The number of fused-ring (bicyclic) bond motifs is 4. The second kappa shape index (κ2) is 9.99. The van der Waals surface area contributed by atoms with E-state index in [1.165, 1.54) is 10.5 Å². The van der Waals surface area contributed by atoms with Gasteiger partial charge in [0.1, 0.15) is 17.4 Å². The van der Waals surface area contributed by atoms with E-state index in [0.717, 1.165) is 63.6 Å². The number of anilines is 1. The van der Waals surface area contributed by atoms with Crippen molar-refractivity contribution in [3.05, 3.63) is 77.9 Å². The molecule has 3 aromatic carbocycles. The summed E-state index contributed by atoms with van der Waals surface area (Å²) in [6.45, 7) is 0.812. The minimum absolute atomic E-state index is 0.189. The predicted molar refractivity (Wildman–Crippen MR) is 155 cm³/mol. The molecule has 1 atom stereocenters. The first-order valence-corrected chi connectivity index (χ1v) is 13.4. The van der Waals surface area contributed by atoms with Crippen LogP contribution in [0.4, 0.5) is 5.69 Å². The highest BCUT2D eigenvalue weighted by atomic mass is 32.2. The molecule has 3 heterocycles. The number of aromatic nitrogens is 1. The number of aliphatic imine (C=N–C) groups is 2. The van der Waals surface area contributed by atoms with E-state index < -0.39 is 0 Å².